The van der Waals surface area contributed by atoms with E-state index in [1.807, 2.05) is 18.2 Å². The summed E-state index contributed by atoms with van der Waals surface area (Å²) < 4.78 is 5.50. The molecule has 0 aromatic heterocycles. The van der Waals surface area contributed by atoms with Crippen molar-refractivity contribution >= 4 is 5.91 Å². The van der Waals surface area contributed by atoms with Crippen LogP contribution in [0.25, 0.3) is 0 Å². The number of ether oxygens (including phenoxy) is 1. The molecule has 0 saturated carbocycles. The van der Waals surface area contributed by atoms with Gasteiger partial charge in [-0.1, -0.05) is 12.1 Å². The first-order chi connectivity index (χ1) is 12.7. The zero-order valence-corrected chi connectivity index (χ0v) is 15.8. The third kappa shape index (κ3) is 4.96. The molecular weight excluding hydrogens is 330 g/mol. The molecule has 26 heavy (non-hydrogen) atoms. The summed E-state index contributed by atoms with van der Waals surface area (Å²) in [6.45, 7) is 5.82. The third-order valence-electron chi connectivity index (χ3n) is 5.37. The Balaban J connectivity index is 1.53. The molecular formula is C20H31N3O3. The minimum Gasteiger partial charge on any atom is -0.491 e. The predicted octanol–water partition coefficient (Wildman–Crippen LogP) is 1.19. The topological polar surface area (TPSA) is 56.3 Å². The lowest BCUT2D eigenvalue weighted by molar-refractivity contribution is -0.135. The number of likely N-dealkylation sites (N-methyl/N-ethyl adjacent to an activating group) is 1. The summed E-state index contributed by atoms with van der Waals surface area (Å²) >= 11 is 0. The molecule has 0 unspecified atom stereocenters. The molecule has 2 aliphatic heterocycles. The Labute approximate surface area is 156 Å². The summed E-state index contributed by atoms with van der Waals surface area (Å²) in [6, 6.07) is 8.14. The van der Waals surface area contributed by atoms with E-state index < -0.39 is 0 Å². The molecule has 0 spiro atoms. The van der Waals surface area contributed by atoms with Crippen molar-refractivity contribution in [3.05, 3.63) is 29.8 Å². The second kappa shape index (κ2) is 9.35. The van der Waals surface area contributed by atoms with Crippen LogP contribution in [-0.4, -0.2) is 84.7 Å². The summed E-state index contributed by atoms with van der Waals surface area (Å²) in [5.41, 5.74) is 1.20. The maximum Gasteiger partial charge on any atom is 0.239 e. The first-order valence-corrected chi connectivity index (χ1v) is 9.71. The van der Waals surface area contributed by atoms with E-state index in [0.29, 0.717) is 12.5 Å². The van der Waals surface area contributed by atoms with E-state index >= 15 is 0 Å². The van der Waals surface area contributed by atoms with Gasteiger partial charge in [0.2, 0.25) is 5.91 Å². The summed E-state index contributed by atoms with van der Waals surface area (Å²) in [5, 5.41) is 8.89. The van der Waals surface area contributed by atoms with Crippen molar-refractivity contribution in [3.63, 3.8) is 0 Å². The Morgan fingerprint density at radius 3 is 2.85 bits per heavy atom. The van der Waals surface area contributed by atoms with Gasteiger partial charge in [0.1, 0.15) is 12.4 Å². The summed E-state index contributed by atoms with van der Waals surface area (Å²) in [5.74, 6) is 1.11. The average Bonchev–Trinajstić information content (AvgIpc) is 2.94. The van der Waals surface area contributed by atoms with Gasteiger partial charge in [-0.05, 0) is 50.6 Å². The smallest absolute Gasteiger partial charge is 0.239 e. The van der Waals surface area contributed by atoms with Gasteiger partial charge in [0, 0.05) is 32.7 Å². The normalized spacial score (nSPS) is 22.4. The van der Waals surface area contributed by atoms with Gasteiger partial charge in [-0.2, -0.15) is 0 Å². The zero-order chi connectivity index (χ0) is 18.4. The molecule has 2 fully saturated rings. The monoisotopic (exact) mass is 361 g/mol. The highest BCUT2D eigenvalue weighted by molar-refractivity contribution is 5.82. The Morgan fingerprint density at radius 2 is 2.08 bits per heavy atom. The Hall–Kier alpha value is -1.63. The summed E-state index contributed by atoms with van der Waals surface area (Å²) in [4.78, 5) is 19.5. The number of benzene rings is 1. The molecule has 0 bridgehead atoms. The van der Waals surface area contributed by atoms with Gasteiger partial charge >= 0.3 is 0 Å². The quantitative estimate of drug-likeness (QED) is 0.825. The number of aliphatic hydroxyl groups excluding tert-OH is 1. The number of aliphatic hydroxyl groups is 1. The Morgan fingerprint density at radius 1 is 1.19 bits per heavy atom. The van der Waals surface area contributed by atoms with Crippen molar-refractivity contribution < 1.29 is 14.6 Å². The van der Waals surface area contributed by atoms with Crippen LogP contribution in [0.3, 0.4) is 0 Å². The van der Waals surface area contributed by atoms with Gasteiger partial charge in [0.25, 0.3) is 0 Å². The van der Waals surface area contributed by atoms with Crippen molar-refractivity contribution in [1.29, 1.82) is 0 Å². The number of hydrogen-bond acceptors (Lipinski definition) is 5. The Kier molecular flexibility index (Phi) is 6.88. The average molecular weight is 361 g/mol. The number of rotatable bonds is 6. The lowest BCUT2D eigenvalue weighted by Crippen LogP contribution is -2.45. The molecule has 6 nitrogen and oxygen atoms in total. The van der Waals surface area contributed by atoms with E-state index in [1.165, 1.54) is 5.56 Å². The molecule has 2 saturated heterocycles. The van der Waals surface area contributed by atoms with Crippen LogP contribution in [0.4, 0.5) is 0 Å². The molecule has 1 aromatic rings. The standard InChI is InChI=1S/C20H31N3O3/c1-21-8-3-7-19(21)20(25)23-10-4-9-22(11-12-23)16-17-5-2-6-18(15-17)26-14-13-24/h2,5-6,15,19,24H,3-4,7-14,16H2,1H3/t19-/m0/s1. The van der Waals surface area contributed by atoms with E-state index in [-0.39, 0.29) is 12.6 Å². The lowest BCUT2D eigenvalue weighted by atomic mass is 10.2. The molecule has 1 atom stereocenters. The van der Waals surface area contributed by atoms with Crippen molar-refractivity contribution in [2.24, 2.45) is 0 Å². The van der Waals surface area contributed by atoms with E-state index in [0.717, 1.165) is 64.3 Å². The zero-order valence-electron chi connectivity index (χ0n) is 15.8. The summed E-state index contributed by atoms with van der Waals surface area (Å²) in [6.07, 6.45) is 3.14. The first-order valence-electron chi connectivity index (χ1n) is 9.71. The van der Waals surface area contributed by atoms with Crippen LogP contribution in [0, 0.1) is 0 Å². The number of carbonyl (C=O) groups is 1. The van der Waals surface area contributed by atoms with Crippen LogP contribution in [0.2, 0.25) is 0 Å². The number of amides is 1. The molecule has 1 N–H and O–H groups in total. The maximum atomic E-state index is 12.8. The van der Waals surface area contributed by atoms with Crippen molar-refractivity contribution in [1.82, 2.24) is 14.7 Å². The van der Waals surface area contributed by atoms with E-state index in [4.69, 9.17) is 9.84 Å². The molecule has 3 rings (SSSR count). The van der Waals surface area contributed by atoms with Crippen LogP contribution < -0.4 is 4.74 Å². The second-order valence-corrected chi connectivity index (χ2v) is 7.31. The van der Waals surface area contributed by atoms with Crippen LogP contribution in [-0.2, 0) is 11.3 Å². The highest BCUT2D eigenvalue weighted by Gasteiger charge is 2.32. The minimum absolute atomic E-state index is 0.0242. The van der Waals surface area contributed by atoms with Crippen LogP contribution in [0.15, 0.2) is 24.3 Å². The fraction of sp³-hybridized carbons (Fsp3) is 0.650. The Bertz CT molecular complexity index is 595. The largest absolute Gasteiger partial charge is 0.491 e. The van der Waals surface area contributed by atoms with E-state index in [2.05, 4.69) is 27.8 Å². The van der Waals surface area contributed by atoms with Gasteiger partial charge in [0.15, 0.2) is 0 Å². The molecule has 2 aliphatic rings. The number of carbonyl (C=O) groups excluding carboxylic acids is 1. The highest BCUT2D eigenvalue weighted by Crippen LogP contribution is 2.19. The molecule has 1 aromatic carbocycles. The van der Waals surface area contributed by atoms with Crippen LogP contribution in [0.5, 0.6) is 5.75 Å². The molecule has 0 radical (unpaired) electrons. The van der Waals surface area contributed by atoms with Crippen molar-refractivity contribution in [2.75, 3.05) is 53.0 Å². The molecule has 144 valence electrons. The molecule has 6 heteroatoms. The van der Waals surface area contributed by atoms with Gasteiger partial charge in [-0.3, -0.25) is 14.6 Å². The minimum atomic E-state index is 0.0242. The number of hydrogen-bond donors (Lipinski definition) is 1. The van der Waals surface area contributed by atoms with Gasteiger partial charge in [0.05, 0.1) is 12.6 Å². The molecule has 1 amide bonds. The fourth-order valence-electron chi connectivity index (χ4n) is 3.94. The SMILES string of the molecule is CN1CCC[C@H]1C(=O)N1CCCN(Cc2cccc(OCCO)c2)CC1. The number of nitrogens with zero attached hydrogens (tertiary/aromatic N) is 3. The van der Waals surface area contributed by atoms with Crippen molar-refractivity contribution in [2.45, 2.75) is 31.8 Å². The second-order valence-electron chi connectivity index (χ2n) is 7.31. The fourth-order valence-corrected chi connectivity index (χ4v) is 3.94. The lowest BCUT2D eigenvalue weighted by Gasteiger charge is -2.27. The molecule has 0 aliphatic carbocycles. The van der Waals surface area contributed by atoms with Gasteiger partial charge < -0.3 is 14.7 Å². The first kappa shape index (κ1) is 19.1. The van der Waals surface area contributed by atoms with Crippen LogP contribution in [0.1, 0.15) is 24.8 Å². The maximum absolute atomic E-state index is 12.8. The molecule has 2 heterocycles. The summed E-state index contributed by atoms with van der Waals surface area (Å²) in [7, 11) is 2.06. The van der Waals surface area contributed by atoms with Crippen molar-refractivity contribution in [3.8, 4) is 5.75 Å². The predicted molar refractivity (Wildman–Crippen MR) is 101 cm³/mol. The van der Waals surface area contributed by atoms with Crippen LogP contribution >= 0.6 is 0 Å². The number of likely N-dealkylation sites (tertiary alicyclic amines) is 1. The van der Waals surface area contributed by atoms with Gasteiger partial charge in [-0.15, -0.1) is 0 Å². The highest BCUT2D eigenvalue weighted by atomic mass is 16.5. The van der Waals surface area contributed by atoms with Gasteiger partial charge in [-0.25, -0.2) is 0 Å². The van der Waals surface area contributed by atoms with E-state index in [9.17, 15) is 4.79 Å². The van der Waals surface area contributed by atoms with E-state index in [1.54, 1.807) is 0 Å². The third-order valence-corrected chi connectivity index (χ3v) is 5.37.